The fourth-order valence-corrected chi connectivity index (χ4v) is 3.37. The van der Waals surface area contributed by atoms with Crippen molar-refractivity contribution in [3.63, 3.8) is 0 Å². The quantitative estimate of drug-likeness (QED) is 0.571. The van der Waals surface area contributed by atoms with Crippen LogP contribution in [0.1, 0.15) is 29.8 Å². The fraction of sp³-hybridized carbons (Fsp3) is 0.462. The van der Waals surface area contributed by atoms with Crippen LogP contribution in [-0.4, -0.2) is 26.3 Å². The molecule has 112 valence electrons. The van der Waals surface area contributed by atoms with E-state index in [-0.39, 0.29) is 24.9 Å². The molecule has 0 fully saturated rings. The number of esters is 1. The molecule has 0 amide bonds. The molecular weight excluding hydrogens is 286 g/mol. The molecule has 1 aromatic rings. The lowest BCUT2D eigenvalue weighted by Gasteiger charge is -2.17. The Hall–Kier alpha value is -1.23. The molecule has 0 N–H and O–H groups in total. The SMILES string of the molecule is CCOP(=O)(Cc1ccc(C(=O)OC)c(F)c1)OCC. The molecule has 1 rings (SSSR count). The van der Waals surface area contributed by atoms with E-state index in [1.54, 1.807) is 13.8 Å². The van der Waals surface area contributed by atoms with Crippen molar-refractivity contribution in [1.29, 1.82) is 0 Å². The number of rotatable bonds is 7. The minimum atomic E-state index is -3.29. The van der Waals surface area contributed by atoms with E-state index in [1.165, 1.54) is 19.2 Å². The van der Waals surface area contributed by atoms with Crippen molar-refractivity contribution >= 4 is 13.6 Å². The molecule has 0 aliphatic heterocycles. The third-order valence-electron chi connectivity index (χ3n) is 2.47. The molecule has 0 aliphatic carbocycles. The van der Waals surface area contributed by atoms with Crippen molar-refractivity contribution in [1.82, 2.24) is 0 Å². The van der Waals surface area contributed by atoms with Gasteiger partial charge in [0.1, 0.15) is 5.82 Å². The van der Waals surface area contributed by atoms with Gasteiger partial charge in [-0.15, -0.1) is 0 Å². The van der Waals surface area contributed by atoms with Gasteiger partial charge in [-0.1, -0.05) is 6.07 Å². The lowest BCUT2D eigenvalue weighted by Crippen LogP contribution is -2.05. The van der Waals surface area contributed by atoms with Crippen molar-refractivity contribution in [2.75, 3.05) is 20.3 Å². The van der Waals surface area contributed by atoms with Gasteiger partial charge in [-0.25, -0.2) is 9.18 Å². The smallest absolute Gasteiger partial charge is 0.340 e. The monoisotopic (exact) mass is 304 g/mol. The molecule has 0 heterocycles. The molecule has 0 saturated heterocycles. The molecule has 0 aliphatic rings. The molecule has 0 bridgehead atoms. The molecule has 0 saturated carbocycles. The first kappa shape index (κ1) is 16.8. The number of halogens is 1. The van der Waals surface area contributed by atoms with E-state index in [4.69, 9.17) is 9.05 Å². The third-order valence-corrected chi connectivity index (χ3v) is 4.52. The fourth-order valence-electron chi connectivity index (χ4n) is 1.68. The van der Waals surface area contributed by atoms with Crippen LogP contribution in [0.3, 0.4) is 0 Å². The Morgan fingerprint density at radius 1 is 1.25 bits per heavy atom. The Bertz CT molecular complexity index is 507. The summed E-state index contributed by atoms with van der Waals surface area (Å²) in [5.74, 6) is -1.49. The lowest BCUT2D eigenvalue weighted by molar-refractivity contribution is 0.0595. The van der Waals surface area contributed by atoms with E-state index in [0.29, 0.717) is 5.56 Å². The van der Waals surface area contributed by atoms with Crippen molar-refractivity contribution in [2.45, 2.75) is 20.0 Å². The Morgan fingerprint density at radius 2 is 1.85 bits per heavy atom. The van der Waals surface area contributed by atoms with Crippen LogP contribution in [0.15, 0.2) is 18.2 Å². The van der Waals surface area contributed by atoms with Gasteiger partial charge in [0.25, 0.3) is 0 Å². The van der Waals surface area contributed by atoms with Crippen LogP contribution in [0.5, 0.6) is 0 Å². The maximum atomic E-state index is 13.8. The second-order valence-corrected chi connectivity index (χ2v) is 5.96. The van der Waals surface area contributed by atoms with Crippen LogP contribution < -0.4 is 0 Å². The Morgan fingerprint density at radius 3 is 2.30 bits per heavy atom. The van der Waals surface area contributed by atoms with Crippen molar-refractivity contribution in [3.05, 3.63) is 35.1 Å². The summed E-state index contributed by atoms with van der Waals surface area (Å²) in [5.41, 5.74) is 0.263. The number of ether oxygens (including phenoxy) is 1. The highest BCUT2D eigenvalue weighted by Gasteiger charge is 2.25. The number of benzene rings is 1. The van der Waals surface area contributed by atoms with E-state index in [0.717, 1.165) is 6.07 Å². The summed E-state index contributed by atoms with van der Waals surface area (Å²) in [6.07, 6.45) is -0.0486. The number of hydrogen-bond acceptors (Lipinski definition) is 5. The second-order valence-electron chi connectivity index (χ2n) is 3.91. The van der Waals surface area contributed by atoms with Gasteiger partial charge in [-0.3, -0.25) is 4.57 Å². The van der Waals surface area contributed by atoms with Crippen molar-refractivity contribution in [3.8, 4) is 0 Å². The van der Waals surface area contributed by atoms with Gasteiger partial charge >= 0.3 is 13.6 Å². The first-order valence-electron chi connectivity index (χ1n) is 6.20. The van der Waals surface area contributed by atoms with Gasteiger partial charge in [0, 0.05) is 0 Å². The number of methoxy groups -OCH3 is 1. The summed E-state index contributed by atoms with van der Waals surface area (Å²) in [5, 5.41) is 0. The molecule has 20 heavy (non-hydrogen) atoms. The zero-order valence-corrected chi connectivity index (χ0v) is 12.6. The Labute approximate surface area is 117 Å². The average molecular weight is 304 g/mol. The third kappa shape index (κ3) is 4.40. The highest BCUT2D eigenvalue weighted by Crippen LogP contribution is 2.51. The highest BCUT2D eigenvalue weighted by molar-refractivity contribution is 7.53. The maximum Gasteiger partial charge on any atom is 0.340 e. The Balaban J connectivity index is 2.95. The normalized spacial score (nSPS) is 11.4. The van der Waals surface area contributed by atoms with Crippen LogP contribution in [0.4, 0.5) is 4.39 Å². The predicted molar refractivity (Wildman–Crippen MR) is 72.3 cm³/mol. The molecule has 0 unspecified atom stereocenters. The minimum Gasteiger partial charge on any atom is -0.465 e. The van der Waals surface area contributed by atoms with Crippen LogP contribution in [0.25, 0.3) is 0 Å². The molecule has 0 radical (unpaired) electrons. The minimum absolute atomic E-state index is 0.0486. The first-order valence-corrected chi connectivity index (χ1v) is 7.93. The molecule has 5 nitrogen and oxygen atoms in total. The van der Waals surface area contributed by atoms with E-state index < -0.39 is 19.4 Å². The van der Waals surface area contributed by atoms with Gasteiger partial charge in [-0.05, 0) is 31.5 Å². The standard InChI is InChI=1S/C13H18FO5P/c1-4-18-20(16,19-5-2)9-10-6-7-11(12(14)8-10)13(15)17-3/h6-8H,4-5,9H2,1-3H3. The van der Waals surface area contributed by atoms with E-state index in [9.17, 15) is 13.8 Å². The first-order chi connectivity index (χ1) is 9.45. The summed E-state index contributed by atoms with van der Waals surface area (Å²) in [6.45, 7) is 3.87. The molecule has 0 atom stereocenters. The molecule has 7 heteroatoms. The average Bonchev–Trinajstić information content (AvgIpc) is 2.38. The largest absolute Gasteiger partial charge is 0.465 e. The van der Waals surface area contributed by atoms with Crippen LogP contribution in [0.2, 0.25) is 0 Å². The molecular formula is C13H18FO5P. The zero-order chi connectivity index (χ0) is 15.2. The summed E-state index contributed by atoms with van der Waals surface area (Å²) < 4.78 is 40.8. The zero-order valence-electron chi connectivity index (χ0n) is 11.7. The topological polar surface area (TPSA) is 61.8 Å². The molecule has 0 spiro atoms. The van der Waals surface area contributed by atoms with E-state index >= 15 is 0 Å². The summed E-state index contributed by atoms with van der Waals surface area (Å²) in [6, 6.07) is 3.93. The molecule has 0 aromatic heterocycles. The molecule has 1 aromatic carbocycles. The van der Waals surface area contributed by atoms with Crippen LogP contribution >= 0.6 is 7.60 Å². The number of carbonyl (C=O) groups is 1. The summed E-state index contributed by atoms with van der Waals surface area (Å²) >= 11 is 0. The van der Waals surface area contributed by atoms with E-state index in [2.05, 4.69) is 4.74 Å². The van der Waals surface area contributed by atoms with Crippen LogP contribution in [0, 0.1) is 5.82 Å². The number of hydrogen-bond donors (Lipinski definition) is 0. The second kappa shape index (κ2) is 7.53. The van der Waals surface area contributed by atoms with Gasteiger partial charge in [0.2, 0.25) is 0 Å². The summed E-state index contributed by atoms with van der Waals surface area (Å²) in [4.78, 5) is 11.3. The lowest BCUT2D eigenvalue weighted by atomic mass is 10.1. The highest BCUT2D eigenvalue weighted by atomic mass is 31.2. The van der Waals surface area contributed by atoms with Crippen LogP contribution in [-0.2, 0) is 24.5 Å². The van der Waals surface area contributed by atoms with E-state index in [1.807, 2.05) is 0 Å². The number of carbonyl (C=O) groups excluding carboxylic acids is 1. The van der Waals surface area contributed by atoms with Crippen molar-refractivity contribution in [2.24, 2.45) is 0 Å². The van der Waals surface area contributed by atoms with Gasteiger partial charge in [-0.2, -0.15) is 0 Å². The Kier molecular flexibility index (Phi) is 6.33. The van der Waals surface area contributed by atoms with Gasteiger partial charge in [0.05, 0.1) is 32.0 Å². The summed E-state index contributed by atoms with van der Waals surface area (Å²) in [7, 11) is -2.12. The van der Waals surface area contributed by atoms with Crippen molar-refractivity contribution < 1.29 is 27.5 Å². The van der Waals surface area contributed by atoms with Gasteiger partial charge < -0.3 is 13.8 Å². The predicted octanol–water partition coefficient (Wildman–Crippen LogP) is 3.38. The maximum absolute atomic E-state index is 13.8. The van der Waals surface area contributed by atoms with Gasteiger partial charge in [0.15, 0.2) is 0 Å².